The molecule has 0 spiro atoms. The Kier molecular flexibility index (Phi) is 6.30. The van der Waals surface area contributed by atoms with E-state index < -0.39 is 29.7 Å². The number of esters is 1. The highest BCUT2D eigenvalue weighted by molar-refractivity contribution is 6.22. The minimum absolute atomic E-state index is 0.125. The van der Waals surface area contributed by atoms with Crippen LogP contribution in [0.25, 0.3) is 0 Å². The van der Waals surface area contributed by atoms with Gasteiger partial charge in [-0.15, -0.1) is 0 Å². The molecule has 2 atom stereocenters. The Morgan fingerprint density at radius 2 is 1.70 bits per heavy atom. The van der Waals surface area contributed by atoms with E-state index in [9.17, 15) is 19.2 Å². The number of imide groups is 1. The topological polar surface area (TPSA) is 92.8 Å². The third-order valence-corrected chi connectivity index (χ3v) is 5.37. The van der Waals surface area contributed by atoms with Gasteiger partial charge in [-0.2, -0.15) is 0 Å². The smallest absolute Gasteiger partial charge is 0.328 e. The second kappa shape index (κ2) is 8.90. The van der Waals surface area contributed by atoms with Crippen molar-refractivity contribution < 1.29 is 23.9 Å². The Labute approximate surface area is 175 Å². The maximum atomic E-state index is 12.8. The summed E-state index contributed by atoms with van der Waals surface area (Å²) in [6.45, 7) is 3.91. The zero-order valence-electron chi connectivity index (χ0n) is 17.2. The average molecular weight is 408 g/mol. The largest absolute Gasteiger partial charge is 0.467 e. The van der Waals surface area contributed by atoms with Crippen molar-refractivity contribution in [1.82, 2.24) is 10.2 Å². The summed E-state index contributed by atoms with van der Waals surface area (Å²) in [6, 6.07) is 12.8. The third kappa shape index (κ3) is 4.10. The van der Waals surface area contributed by atoms with Gasteiger partial charge in [0.1, 0.15) is 6.04 Å². The van der Waals surface area contributed by atoms with E-state index in [-0.39, 0.29) is 29.2 Å². The molecule has 2 aromatic rings. The van der Waals surface area contributed by atoms with Crippen molar-refractivity contribution in [3.63, 3.8) is 0 Å². The molecule has 7 nitrogen and oxygen atoms in total. The number of hydrogen-bond acceptors (Lipinski definition) is 5. The first-order valence-corrected chi connectivity index (χ1v) is 9.80. The Bertz CT molecular complexity index is 986. The summed E-state index contributed by atoms with van der Waals surface area (Å²) in [6.07, 6.45) is 0.672. The quantitative estimate of drug-likeness (QED) is 0.562. The van der Waals surface area contributed by atoms with Crippen molar-refractivity contribution in [1.29, 1.82) is 0 Å². The molecule has 0 unspecified atom stereocenters. The van der Waals surface area contributed by atoms with Crippen LogP contribution >= 0.6 is 0 Å². The van der Waals surface area contributed by atoms with Crippen LogP contribution in [-0.2, 0) is 16.1 Å². The molecule has 156 valence electrons. The predicted molar refractivity (Wildman–Crippen MR) is 110 cm³/mol. The van der Waals surface area contributed by atoms with Gasteiger partial charge in [0.25, 0.3) is 17.7 Å². The molecule has 1 aliphatic heterocycles. The van der Waals surface area contributed by atoms with Crippen molar-refractivity contribution in [3.05, 3.63) is 70.8 Å². The van der Waals surface area contributed by atoms with E-state index in [4.69, 9.17) is 4.74 Å². The monoisotopic (exact) mass is 408 g/mol. The Morgan fingerprint density at radius 1 is 1.03 bits per heavy atom. The van der Waals surface area contributed by atoms with Crippen LogP contribution in [0.3, 0.4) is 0 Å². The maximum absolute atomic E-state index is 12.8. The van der Waals surface area contributed by atoms with Crippen molar-refractivity contribution in [2.45, 2.75) is 32.9 Å². The Morgan fingerprint density at radius 3 is 2.33 bits per heavy atom. The van der Waals surface area contributed by atoms with Gasteiger partial charge in [0.15, 0.2) is 0 Å². The van der Waals surface area contributed by atoms with E-state index in [1.54, 1.807) is 0 Å². The van der Waals surface area contributed by atoms with E-state index in [2.05, 4.69) is 5.32 Å². The summed E-state index contributed by atoms with van der Waals surface area (Å²) in [5.74, 6) is -1.99. The van der Waals surface area contributed by atoms with Crippen LogP contribution in [0.15, 0.2) is 48.5 Å². The lowest BCUT2D eigenvalue weighted by molar-refractivity contribution is -0.144. The number of hydrogen-bond donors (Lipinski definition) is 1. The fourth-order valence-electron chi connectivity index (χ4n) is 3.36. The van der Waals surface area contributed by atoms with Crippen LogP contribution < -0.4 is 5.32 Å². The van der Waals surface area contributed by atoms with Gasteiger partial charge in [0.2, 0.25) is 0 Å². The first kappa shape index (κ1) is 21.2. The van der Waals surface area contributed by atoms with Gasteiger partial charge < -0.3 is 10.1 Å². The molecule has 1 N–H and O–H groups in total. The molecule has 1 aliphatic rings. The lowest BCUT2D eigenvalue weighted by atomic mass is 9.98. The second-order valence-corrected chi connectivity index (χ2v) is 7.30. The molecule has 0 saturated heterocycles. The summed E-state index contributed by atoms with van der Waals surface area (Å²) in [5.41, 5.74) is 1.48. The summed E-state index contributed by atoms with van der Waals surface area (Å²) < 4.78 is 4.79. The minimum atomic E-state index is -0.798. The standard InChI is InChI=1S/C23H24N2O5/c1-4-14(2)19(23(29)30-3)24-20(26)16-10-11-17-18(12-16)22(28)25(21(17)27)13-15-8-6-5-7-9-15/h5-12,14,19H,4,13H2,1-3H3,(H,24,26)/t14-,19+/m0/s1. The summed E-state index contributed by atoms with van der Waals surface area (Å²) in [7, 11) is 1.27. The zero-order valence-corrected chi connectivity index (χ0v) is 17.2. The molecule has 3 amide bonds. The van der Waals surface area contributed by atoms with Gasteiger partial charge in [-0.05, 0) is 29.7 Å². The number of benzene rings is 2. The van der Waals surface area contributed by atoms with E-state index in [0.717, 1.165) is 10.5 Å². The average Bonchev–Trinajstić information content (AvgIpc) is 3.01. The van der Waals surface area contributed by atoms with Crippen LogP contribution in [-0.4, -0.2) is 41.7 Å². The molecule has 1 heterocycles. The van der Waals surface area contributed by atoms with E-state index in [0.29, 0.717) is 6.42 Å². The zero-order chi connectivity index (χ0) is 21.8. The van der Waals surface area contributed by atoms with Crippen molar-refractivity contribution in [3.8, 4) is 0 Å². The summed E-state index contributed by atoms with van der Waals surface area (Å²) >= 11 is 0. The normalized spacial score (nSPS) is 14.8. The number of carbonyl (C=O) groups excluding carboxylic acids is 4. The number of carbonyl (C=O) groups is 4. The number of methoxy groups -OCH3 is 1. The lowest BCUT2D eigenvalue weighted by Gasteiger charge is -2.21. The molecule has 2 aromatic carbocycles. The molecule has 7 heteroatoms. The van der Waals surface area contributed by atoms with Crippen LogP contribution in [0.2, 0.25) is 0 Å². The maximum Gasteiger partial charge on any atom is 0.328 e. The number of rotatable bonds is 7. The number of nitrogens with one attached hydrogen (secondary N) is 1. The highest BCUT2D eigenvalue weighted by atomic mass is 16.5. The van der Waals surface area contributed by atoms with Gasteiger partial charge in [0.05, 0.1) is 24.8 Å². The van der Waals surface area contributed by atoms with Crippen LogP contribution in [0.4, 0.5) is 0 Å². The molecule has 0 aliphatic carbocycles. The number of ether oxygens (including phenoxy) is 1. The van der Waals surface area contributed by atoms with Crippen molar-refractivity contribution in [2.75, 3.05) is 7.11 Å². The summed E-state index contributed by atoms with van der Waals surface area (Å²) in [4.78, 5) is 51.4. The molecule has 30 heavy (non-hydrogen) atoms. The van der Waals surface area contributed by atoms with Gasteiger partial charge in [-0.3, -0.25) is 19.3 Å². The molecule has 0 saturated carbocycles. The van der Waals surface area contributed by atoms with Gasteiger partial charge in [-0.1, -0.05) is 50.6 Å². The van der Waals surface area contributed by atoms with Gasteiger partial charge in [-0.25, -0.2) is 4.79 Å². The first-order chi connectivity index (χ1) is 14.4. The third-order valence-electron chi connectivity index (χ3n) is 5.37. The van der Waals surface area contributed by atoms with Crippen LogP contribution in [0, 0.1) is 5.92 Å². The molecule has 3 rings (SSSR count). The van der Waals surface area contributed by atoms with E-state index in [1.165, 1.54) is 25.3 Å². The first-order valence-electron chi connectivity index (χ1n) is 9.80. The highest BCUT2D eigenvalue weighted by Crippen LogP contribution is 2.26. The molecular weight excluding hydrogens is 384 g/mol. The highest BCUT2D eigenvalue weighted by Gasteiger charge is 2.36. The molecule has 0 fully saturated rings. The summed E-state index contributed by atoms with van der Waals surface area (Å²) in [5, 5.41) is 2.68. The lowest BCUT2D eigenvalue weighted by Crippen LogP contribution is -2.45. The SMILES string of the molecule is CC[C@H](C)[C@@H](NC(=O)c1ccc2c(c1)C(=O)N(Cc1ccccc1)C2=O)C(=O)OC. The van der Waals surface area contributed by atoms with E-state index >= 15 is 0 Å². The minimum Gasteiger partial charge on any atom is -0.467 e. The molecule has 0 bridgehead atoms. The fourth-order valence-corrected chi connectivity index (χ4v) is 3.36. The number of fused-ring (bicyclic) bond motifs is 1. The Balaban J connectivity index is 1.82. The van der Waals surface area contributed by atoms with Gasteiger partial charge >= 0.3 is 5.97 Å². The van der Waals surface area contributed by atoms with E-state index in [1.807, 2.05) is 44.2 Å². The second-order valence-electron chi connectivity index (χ2n) is 7.30. The molecule has 0 aromatic heterocycles. The van der Waals surface area contributed by atoms with Crippen molar-refractivity contribution >= 4 is 23.7 Å². The van der Waals surface area contributed by atoms with Gasteiger partial charge in [0, 0.05) is 5.56 Å². The van der Waals surface area contributed by atoms with Crippen LogP contribution in [0.5, 0.6) is 0 Å². The fraction of sp³-hybridized carbons (Fsp3) is 0.304. The molecule has 0 radical (unpaired) electrons. The van der Waals surface area contributed by atoms with Crippen molar-refractivity contribution in [2.24, 2.45) is 5.92 Å². The number of amides is 3. The van der Waals surface area contributed by atoms with Crippen LogP contribution in [0.1, 0.15) is 56.9 Å². The Hall–Kier alpha value is -3.48. The molecular formula is C23H24N2O5. The number of nitrogens with zero attached hydrogens (tertiary/aromatic N) is 1. The predicted octanol–water partition coefficient (Wildman–Crippen LogP) is 2.80.